The van der Waals surface area contributed by atoms with Gasteiger partial charge in [0, 0.05) is 18.0 Å². The van der Waals surface area contributed by atoms with Gasteiger partial charge in [-0.3, -0.25) is 4.98 Å². The van der Waals surface area contributed by atoms with Gasteiger partial charge in [-0.25, -0.2) is 0 Å². The molecule has 4 heteroatoms. The quantitative estimate of drug-likeness (QED) is 0.603. The van der Waals surface area contributed by atoms with Crippen molar-refractivity contribution in [2.75, 3.05) is 6.54 Å². The molecule has 4 N–H and O–H groups in total. The molecule has 0 saturated carbocycles. The van der Waals surface area contributed by atoms with Crippen molar-refractivity contribution in [3.05, 3.63) is 30.1 Å². The number of aromatic nitrogens is 1. The first-order chi connectivity index (χ1) is 6.25. The van der Waals surface area contributed by atoms with Crippen molar-refractivity contribution in [2.45, 2.75) is 18.6 Å². The van der Waals surface area contributed by atoms with E-state index in [1.807, 2.05) is 0 Å². The van der Waals surface area contributed by atoms with Crippen LogP contribution in [0.1, 0.15) is 18.1 Å². The molecule has 4 nitrogen and oxygen atoms in total. The fraction of sp³-hybridized carbons (Fsp3) is 0.444. The zero-order valence-corrected chi connectivity index (χ0v) is 7.30. The average Bonchev–Trinajstić information content (AvgIpc) is 2.18. The molecule has 1 heterocycles. The van der Waals surface area contributed by atoms with Crippen LogP contribution >= 0.6 is 0 Å². The molecule has 0 aromatic carbocycles. The van der Waals surface area contributed by atoms with Crippen molar-refractivity contribution in [1.29, 1.82) is 0 Å². The van der Waals surface area contributed by atoms with Crippen LogP contribution in [-0.2, 0) is 0 Å². The van der Waals surface area contributed by atoms with E-state index in [0.29, 0.717) is 18.5 Å². The summed E-state index contributed by atoms with van der Waals surface area (Å²) in [6.07, 6.45) is 1.83. The molecule has 0 bridgehead atoms. The van der Waals surface area contributed by atoms with Crippen LogP contribution in [0.15, 0.2) is 24.5 Å². The maximum absolute atomic E-state index is 9.57. The molecule has 0 radical (unpaired) electrons. The predicted octanol–water partition coefficient (Wildman–Crippen LogP) is -0.175. The number of hydrogen-bond acceptors (Lipinski definition) is 4. The Hall–Kier alpha value is -0.970. The summed E-state index contributed by atoms with van der Waals surface area (Å²) >= 11 is 0. The van der Waals surface area contributed by atoms with E-state index in [1.54, 1.807) is 18.3 Å². The first kappa shape index (κ1) is 10.1. The molecule has 13 heavy (non-hydrogen) atoms. The van der Waals surface area contributed by atoms with Gasteiger partial charge < -0.3 is 15.9 Å². The molecule has 0 aliphatic rings. The van der Waals surface area contributed by atoms with Crippen molar-refractivity contribution in [1.82, 2.24) is 4.98 Å². The molecule has 0 aliphatic carbocycles. The number of aliphatic hydroxyl groups excluding tert-OH is 2. The first-order valence-electron chi connectivity index (χ1n) is 4.22. The van der Waals surface area contributed by atoms with E-state index >= 15 is 0 Å². The van der Waals surface area contributed by atoms with Crippen LogP contribution < -0.4 is 5.73 Å². The summed E-state index contributed by atoms with van der Waals surface area (Å²) in [7, 11) is 0. The highest BCUT2D eigenvalue weighted by atomic mass is 16.3. The number of nitrogens with zero attached hydrogens (tertiary/aromatic N) is 1. The second kappa shape index (κ2) is 4.91. The topological polar surface area (TPSA) is 79.4 Å². The minimum atomic E-state index is -0.891. The fourth-order valence-corrected chi connectivity index (χ4v) is 1.10. The molecule has 0 fully saturated rings. The number of rotatable bonds is 4. The number of aliphatic hydroxyl groups is 2. The van der Waals surface area contributed by atoms with Gasteiger partial charge in [0.25, 0.3) is 0 Å². The van der Waals surface area contributed by atoms with E-state index in [9.17, 15) is 10.2 Å². The lowest BCUT2D eigenvalue weighted by Gasteiger charge is -2.16. The van der Waals surface area contributed by atoms with E-state index < -0.39 is 12.2 Å². The van der Waals surface area contributed by atoms with Gasteiger partial charge in [-0.15, -0.1) is 0 Å². The highest BCUT2D eigenvalue weighted by molar-refractivity contribution is 5.12. The van der Waals surface area contributed by atoms with E-state index in [2.05, 4.69) is 4.98 Å². The molecule has 1 aromatic rings. The Morgan fingerprint density at radius 1 is 1.46 bits per heavy atom. The molecule has 0 amide bonds. The lowest BCUT2D eigenvalue weighted by molar-refractivity contribution is 0.0148. The van der Waals surface area contributed by atoms with Crippen LogP contribution in [0.2, 0.25) is 0 Å². The van der Waals surface area contributed by atoms with Gasteiger partial charge in [-0.2, -0.15) is 0 Å². The van der Waals surface area contributed by atoms with Gasteiger partial charge in [0.2, 0.25) is 0 Å². The van der Waals surface area contributed by atoms with Gasteiger partial charge in [0.15, 0.2) is 0 Å². The zero-order valence-electron chi connectivity index (χ0n) is 7.30. The van der Waals surface area contributed by atoms with E-state index in [1.165, 1.54) is 6.20 Å². The third kappa shape index (κ3) is 2.77. The number of nitrogens with two attached hydrogens (primary N) is 1. The molecule has 2 atom stereocenters. The standard InChI is InChI=1S/C9H14N2O2/c10-4-3-8(12)9(13)7-2-1-5-11-6-7/h1-2,5-6,8-9,12-13H,3-4,10H2. The van der Waals surface area contributed by atoms with Crippen LogP contribution in [0, 0.1) is 0 Å². The first-order valence-corrected chi connectivity index (χ1v) is 4.22. The van der Waals surface area contributed by atoms with E-state index in [-0.39, 0.29) is 0 Å². The maximum Gasteiger partial charge on any atom is 0.106 e. The Morgan fingerprint density at radius 3 is 2.77 bits per heavy atom. The molecular formula is C9H14N2O2. The number of hydrogen-bond donors (Lipinski definition) is 3. The van der Waals surface area contributed by atoms with Crippen LogP contribution in [0.3, 0.4) is 0 Å². The molecule has 2 unspecified atom stereocenters. The van der Waals surface area contributed by atoms with Crippen LogP contribution in [-0.4, -0.2) is 27.8 Å². The third-order valence-corrected chi connectivity index (χ3v) is 1.85. The summed E-state index contributed by atoms with van der Waals surface area (Å²) in [6, 6.07) is 3.44. The molecule has 72 valence electrons. The summed E-state index contributed by atoms with van der Waals surface area (Å²) in [5.74, 6) is 0. The Labute approximate surface area is 77.0 Å². The van der Waals surface area contributed by atoms with Crippen molar-refractivity contribution in [3.8, 4) is 0 Å². The van der Waals surface area contributed by atoms with Gasteiger partial charge in [-0.05, 0) is 19.0 Å². The SMILES string of the molecule is NCCC(O)C(O)c1cccnc1. The van der Waals surface area contributed by atoms with Gasteiger partial charge >= 0.3 is 0 Å². The Bertz CT molecular complexity index is 241. The van der Waals surface area contributed by atoms with E-state index in [4.69, 9.17) is 5.73 Å². The Kier molecular flexibility index (Phi) is 3.82. The summed E-state index contributed by atoms with van der Waals surface area (Å²) < 4.78 is 0. The summed E-state index contributed by atoms with van der Waals surface area (Å²) in [5.41, 5.74) is 5.87. The number of pyridine rings is 1. The molecule has 1 rings (SSSR count). The van der Waals surface area contributed by atoms with E-state index in [0.717, 1.165) is 0 Å². The van der Waals surface area contributed by atoms with Crippen LogP contribution in [0.5, 0.6) is 0 Å². The Morgan fingerprint density at radius 2 is 2.23 bits per heavy atom. The third-order valence-electron chi connectivity index (χ3n) is 1.85. The lowest BCUT2D eigenvalue weighted by Crippen LogP contribution is -2.21. The zero-order chi connectivity index (χ0) is 9.68. The highest BCUT2D eigenvalue weighted by Gasteiger charge is 2.16. The van der Waals surface area contributed by atoms with Gasteiger partial charge in [-0.1, -0.05) is 6.07 Å². The van der Waals surface area contributed by atoms with Crippen molar-refractivity contribution >= 4 is 0 Å². The predicted molar refractivity (Wildman–Crippen MR) is 48.9 cm³/mol. The molecular weight excluding hydrogens is 168 g/mol. The summed E-state index contributed by atoms with van der Waals surface area (Å²) in [5, 5.41) is 19.0. The smallest absolute Gasteiger partial charge is 0.106 e. The second-order valence-corrected chi connectivity index (χ2v) is 2.88. The van der Waals surface area contributed by atoms with Crippen molar-refractivity contribution in [3.63, 3.8) is 0 Å². The molecule has 0 saturated heterocycles. The summed E-state index contributed by atoms with van der Waals surface area (Å²) in [6.45, 7) is 0.360. The monoisotopic (exact) mass is 182 g/mol. The van der Waals surface area contributed by atoms with Crippen LogP contribution in [0.25, 0.3) is 0 Å². The average molecular weight is 182 g/mol. The van der Waals surface area contributed by atoms with Crippen LogP contribution in [0.4, 0.5) is 0 Å². The van der Waals surface area contributed by atoms with Gasteiger partial charge in [0.05, 0.1) is 6.10 Å². The highest BCUT2D eigenvalue weighted by Crippen LogP contribution is 2.16. The lowest BCUT2D eigenvalue weighted by atomic mass is 10.0. The van der Waals surface area contributed by atoms with Gasteiger partial charge in [0.1, 0.15) is 6.10 Å². The van der Waals surface area contributed by atoms with Crippen molar-refractivity contribution in [2.24, 2.45) is 5.73 Å². The summed E-state index contributed by atoms with van der Waals surface area (Å²) in [4.78, 5) is 3.85. The molecule has 0 spiro atoms. The Balaban J connectivity index is 2.62. The normalized spacial score (nSPS) is 15.3. The molecule has 0 aliphatic heterocycles. The minimum Gasteiger partial charge on any atom is -0.390 e. The minimum absolute atomic E-state index is 0.360. The maximum atomic E-state index is 9.57. The fourth-order valence-electron chi connectivity index (χ4n) is 1.10. The largest absolute Gasteiger partial charge is 0.390 e. The van der Waals surface area contributed by atoms with Crippen molar-refractivity contribution < 1.29 is 10.2 Å². The molecule has 1 aromatic heterocycles. The second-order valence-electron chi connectivity index (χ2n) is 2.88.